The number of nitrogens with zero attached hydrogens (tertiary/aromatic N) is 2. The van der Waals surface area contributed by atoms with E-state index in [0.29, 0.717) is 5.89 Å². The average Bonchev–Trinajstić information content (AvgIpc) is 3.74. The highest BCUT2D eigenvalue weighted by molar-refractivity contribution is 6.18. The normalized spacial score (nSPS) is 12.1. The van der Waals surface area contributed by atoms with Gasteiger partial charge < -0.3 is 13.7 Å². The van der Waals surface area contributed by atoms with Crippen molar-refractivity contribution in [2.75, 3.05) is 4.90 Å². The molecule has 0 radical (unpaired) electrons. The van der Waals surface area contributed by atoms with Gasteiger partial charge in [-0.15, -0.1) is 0 Å². The predicted molar refractivity (Wildman–Crippen MR) is 200 cm³/mol. The molecule has 0 atom stereocenters. The summed E-state index contributed by atoms with van der Waals surface area (Å²) in [5, 5.41) is 6.57. The Morgan fingerprint density at radius 3 is 2.25 bits per heavy atom. The van der Waals surface area contributed by atoms with Crippen molar-refractivity contribution < 1.29 is 8.83 Å². The molecule has 2 aromatic heterocycles. The van der Waals surface area contributed by atoms with E-state index in [2.05, 4.69) is 133 Å². The lowest BCUT2D eigenvalue weighted by molar-refractivity contribution is 0.587. The van der Waals surface area contributed by atoms with Crippen LogP contribution in [-0.2, 0) is 0 Å². The molecule has 0 aliphatic carbocycles. The molecule has 0 saturated heterocycles. The zero-order valence-corrected chi connectivity index (χ0v) is 26.4. The van der Waals surface area contributed by atoms with Crippen molar-refractivity contribution in [1.29, 1.82) is 0 Å². The quantitative estimate of drug-likeness (QED) is 0.137. The summed E-state index contributed by atoms with van der Waals surface area (Å²) >= 11 is 0. The van der Waals surface area contributed by atoms with Gasteiger partial charge in [0.15, 0.2) is 5.58 Å². The topological polar surface area (TPSA) is 42.4 Å². The van der Waals surface area contributed by atoms with Gasteiger partial charge in [0.1, 0.15) is 16.7 Å². The van der Waals surface area contributed by atoms with Crippen LogP contribution in [0, 0.1) is 0 Å². The molecule has 2 heterocycles. The Kier molecular flexibility index (Phi) is 6.47. The van der Waals surface area contributed by atoms with Crippen molar-refractivity contribution in [1.82, 2.24) is 4.98 Å². The van der Waals surface area contributed by atoms with E-state index < -0.39 is 0 Å². The highest BCUT2D eigenvalue weighted by Crippen LogP contribution is 2.44. The average molecular weight is 619 g/mol. The van der Waals surface area contributed by atoms with Crippen LogP contribution in [0.1, 0.15) is 12.8 Å². The minimum Gasteiger partial charge on any atom is -0.456 e. The number of para-hydroxylation sites is 2. The summed E-state index contributed by atoms with van der Waals surface area (Å²) < 4.78 is 12.9. The lowest BCUT2D eigenvalue weighted by Crippen LogP contribution is -2.11. The summed E-state index contributed by atoms with van der Waals surface area (Å²) in [6.07, 6.45) is 3.68. The zero-order chi connectivity index (χ0) is 32.2. The van der Waals surface area contributed by atoms with Gasteiger partial charge in [0.2, 0.25) is 5.89 Å². The monoisotopic (exact) mass is 618 g/mol. The second-order valence-corrected chi connectivity index (χ2v) is 12.1. The molecule has 0 unspecified atom stereocenters. The van der Waals surface area contributed by atoms with E-state index >= 15 is 0 Å². The predicted octanol–water partition coefficient (Wildman–Crippen LogP) is 12.8. The molecule has 0 spiro atoms. The Hall–Kier alpha value is -6.39. The van der Waals surface area contributed by atoms with Gasteiger partial charge >= 0.3 is 0 Å². The summed E-state index contributed by atoms with van der Waals surface area (Å²) in [6.45, 7) is 5.84. The molecule has 4 heteroatoms. The minimum absolute atomic E-state index is 0.600. The summed E-state index contributed by atoms with van der Waals surface area (Å²) in [4.78, 5) is 7.16. The summed E-state index contributed by atoms with van der Waals surface area (Å²) in [7, 11) is 0. The maximum atomic E-state index is 6.47. The van der Waals surface area contributed by atoms with Crippen molar-refractivity contribution in [3.63, 3.8) is 0 Å². The van der Waals surface area contributed by atoms with Crippen molar-refractivity contribution in [2.24, 2.45) is 0 Å². The fraction of sp³-hybridized carbons (Fsp3) is 0.0227. The smallest absolute Gasteiger partial charge is 0.222 e. The number of benzene rings is 7. The number of allylic oxidation sites excluding steroid dienone is 3. The molecule has 228 valence electrons. The molecule has 0 bridgehead atoms. The van der Waals surface area contributed by atoms with Crippen LogP contribution in [0.15, 0.2) is 167 Å². The van der Waals surface area contributed by atoms with Gasteiger partial charge in [0, 0.05) is 44.7 Å². The first-order valence-electron chi connectivity index (χ1n) is 16.1. The molecule has 4 nitrogen and oxygen atoms in total. The lowest BCUT2D eigenvalue weighted by atomic mass is 9.99. The Balaban J connectivity index is 1.32. The molecule has 0 amide bonds. The Morgan fingerprint density at radius 1 is 0.646 bits per heavy atom. The van der Waals surface area contributed by atoms with Gasteiger partial charge in [-0.3, -0.25) is 0 Å². The second kappa shape index (κ2) is 11.1. The van der Waals surface area contributed by atoms with Crippen LogP contribution in [0.4, 0.5) is 17.1 Å². The van der Waals surface area contributed by atoms with E-state index in [-0.39, 0.29) is 0 Å². The van der Waals surface area contributed by atoms with Crippen LogP contribution < -0.4 is 4.90 Å². The number of fused-ring (bicyclic) bond motifs is 8. The molecular formula is C44H30N2O2. The van der Waals surface area contributed by atoms with Crippen molar-refractivity contribution in [2.45, 2.75) is 6.92 Å². The van der Waals surface area contributed by atoms with Crippen LogP contribution in [0.25, 0.3) is 71.3 Å². The van der Waals surface area contributed by atoms with E-state index in [1.54, 1.807) is 6.08 Å². The van der Waals surface area contributed by atoms with Crippen LogP contribution in [0.5, 0.6) is 0 Å². The number of aromatic nitrogens is 1. The second-order valence-electron chi connectivity index (χ2n) is 12.1. The van der Waals surface area contributed by atoms with Crippen LogP contribution in [-0.4, -0.2) is 4.98 Å². The largest absolute Gasteiger partial charge is 0.456 e. The molecule has 48 heavy (non-hydrogen) atoms. The van der Waals surface area contributed by atoms with E-state index in [0.717, 1.165) is 88.3 Å². The highest BCUT2D eigenvalue weighted by Gasteiger charge is 2.20. The molecule has 0 fully saturated rings. The number of anilines is 3. The number of oxazole rings is 1. The number of rotatable bonds is 6. The van der Waals surface area contributed by atoms with Crippen LogP contribution in [0.2, 0.25) is 0 Å². The third kappa shape index (κ3) is 4.50. The van der Waals surface area contributed by atoms with E-state index in [1.165, 1.54) is 0 Å². The van der Waals surface area contributed by atoms with Crippen LogP contribution in [0.3, 0.4) is 0 Å². The van der Waals surface area contributed by atoms with E-state index in [9.17, 15) is 0 Å². The van der Waals surface area contributed by atoms with Gasteiger partial charge in [-0.1, -0.05) is 110 Å². The summed E-state index contributed by atoms with van der Waals surface area (Å²) in [5.41, 5.74) is 9.63. The van der Waals surface area contributed by atoms with Crippen molar-refractivity contribution in [3.8, 4) is 11.1 Å². The minimum atomic E-state index is 0.600. The first kappa shape index (κ1) is 27.9. The van der Waals surface area contributed by atoms with E-state index in [4.69, 9.17) is 13.8 Å². The molecule has 0 aliphatic rings. The fourth-order valence-electron chi connectivity index (χ4n) is 6.88. The molecular weight excluding hydrogens is 588 g/mol. The number of hydrogen-bond acceptors (Lipinski definition) is 4. The molecule has 9 rings (SSSR count). The Labute approximate surface area is 277 Å². The highest BCUT2D eigenvalue weighted by atomic mass is 16.3. The molecule has 0 saturated carbocycles. The Morgan fingerprint density at radius 2 is 1.35 bits per heavy atom. The summed E-state index contributed by atoms with van der Waals surface area (Å²) in [5.74, 6) is 0.600. The Bertz CT molecular complexity index is 2710. The van der Waals surface area contributed by atoms with Gasteiger partial charge in [-0.25, -0.2) is 4.98 Å². The standard InChI is InChI=1S/C44H30N2O2/c1-3-11-28(2)44-45-38-25-21-31-19-18-30-20-22-32(26-37(30)42(31)43(38)48-44)46(39-16-9-7-14-34(39)29-12-5-4-6-13-29)33-23-24-36-35-15-8-10-17-40(35)47-41(36)27-33/h3-27H,1H2,2H3/b28-11+. The first-order valence-corrected chi connectivity index (χ1v) is 16.1. The maximum Gasteiger partial charge on any atom is 0.222 e. The SMILES string of the molecule is C=C/C=C(\C)c1nc2ccc3ccc4ccc(N(c5ccc6c(c5)oc5ccccc56)c5ccccc5-c5ccccc5)cc4c3c2o1. The van der Waals surface area contributed by atoms with Gasteiger partial charge in [0.25, 0.3) is 0 Å². The molecule has 0 aliphatic heterocycles. The number of hydrogen-bond donors (Lipinski definition) is 0. The van der Waals surface area contributed by atoms with Gasteiger partial charge in [-0.2, -0.15) is 0 Å². The van der Waals surface area contributed by atoms with Crippen LogP contribution >= 0.6 is 0 Å². The van der Waals surface area contributed by atoms with Crippen molar-refractivity contribution >= 4 is 77.2 Å². The maximum absolute atomic E-state index is 6.47. The van der Waals surface area contributed by atoms with E-state index in [1.807, 2.05) is 31.2 Å². The zero-order valence-electron chi connectivity index (χ0n) is 26.4. The number of furan rings is 1. The summed E-state index contributed by atoms with van der Waals surface area (Å²) in [6, 6.07) is 49.0. The molecule has 7 aromatic carbocycles. The lowest BCUT2D eigenvalue weighted by Gasteiger charge is -2.28. The molecule has 0 N–H and O–H groups in total. The van der Waals surface area contributed by atoms with Gasteiger partial charge in [-0.05, 0) is 71.1 Å². The fourth-order valence-corrected chi connectivity index (χ4v) is 6.88. The first-order chi connectivity index (χ1) is 23.7. The molecule has 9 aromatic rings. The van der Waals surface area contributed by atoms with Gasteiger partial charge in [0.05, 0.1) is 5.69 Å². The third-order valence-corrected chi connectivity index (χ3v) is 9.15. The van der Waals surface area contributed by atoms with Crippen molar-refractivity contribution in [3.05, 3.63) is 164 Å². The third-order valence-electron chi connectivity index (χ3n) is 9.15.